The summed E-state index contributed by atoms with van der Waals surface area (Å²) < 4.78 is 104. The highest BCUT2D eigenvalue weighted by molar-refractivity contribution is 5.20. The van der Waals surface area contributed by atoms with Crippen LogP contribution in [0.5, 0.6) is 0 Å². The van der Waals surface area contributed by atoms with Gasteiger partial charge in [0.2, 0.25) is 0 Å². The monoisotopic (exact) mass is 270 g/mol. The number of allylic oxidation sites excluding steroid dienone is 1. The van der Waals surface area contributed by atoms with Gasteiger partial charge in [0.25, 0.3) is 0 Å². The Morgan fingerprint density at radius 3 is 2.00 bits per heavy atom. The third-order valence-corrected chi connectivity index (χ3v) is 1.47. The fourth-order valence-corrected chi connectivity index (χ4v) is 0.915. The highest BCUT2D eigenvalue weighted by Crippen LogP contribution is 2.44. The molecule has 1 unspecified atom stereocenters. The van der Waals surface area contributed by atoms with Crippen LogP contribution in [0.2, 0.25) is 0 Å². The summed E-state index contributed by atoms with van der Waals surface area (Å²) in [6.07, 6.45) is -12.8. The Hall–Kier alpha value is -1.48. The fourth-order valence-electron chi connectivity index (χ4n) is 0.915. The molecule has 0 aromatic rings. The van der Waals surface area contributed by atoms with Crippen LogP contribution < -0.4 is 0 Å². The molecule has 1 aliphatic rings. The van der Waals surface area contributed by atoms with Crippen LogP contribution in [0.15, 0.2) is 23.9 Å². The molecule has 1 aliphatic heterocycles. The van der Waals surface area contributed by atoms with Crippen molar-refractivity contribution in [2.75, 3.05) is 0 Å². The van der Waals surface area contributed by atoms with E-state index in [4.69, 9.17) is 0 Å². The van der Waals surface area contributed by atoms with Crippen molar-refractivity contribution in [2.45, 2.75) is 18.4 Å². The second kappa shape index (κ2) is 3.77. The lowest BCUT2D eigenvalue weighted by molar-refractivity contribution is -0.256. The van der Waals surface area contributed by atoms with E-state index in [1.165, 1.54) is 0 Å². The molecule has 2 nitrogen and oxygen atoms in total. The van der Waals surface area contributed by atoms with E-state index in [0.29, 0.717) is 0 Å². The van der Waals surface area contributed by atoms with Crippen molar-refractivity contribution in [1.29, 1.82) is 0 Å². The van der Waals surface area contributed by atoms with Crippen molar-refractivity contribution in [3.8, 4) is 0 Å². The van der Waals surface area contributed by atoms with Crippen LogP contribution >= 0.6 is 0 Å². The topological polar surface area (TPSA) is 18.5 Å². The van der Waals surface area contributed by atoms with Gasteiger partial charge < -0.3 is 9.47 Å². The average Bonchev–Trinajstić information content (AvgIpc) is 2.40. The van der Waals surface area contributed by atoms with E-state index in [9.17, 15) is 35.1 Å². The van der Waals surface area contributed by atoms with Crippen LogP contribution in [-0.4, -0.2) is 18.4 Å². The molecule has 0 aromatic carbocycles. The van der Waals surface area contributed by atoms with Gasteiger partial charge in [0.1, 0.15) is 0 Å². The number of rotatable bonds is 1. The molecule has 98 valence electrons. The molecule has 0 aromatic heterocycles. The van der Waals surface area contributed by atoms with Crippen molar-refractivity contribution in [3.05, 3.63) is 23.9 Å². The molecule has 0 amide bonds. The van der Waals surface area contributed by atoms with Gasteiger partial charge in [-0.3, -0.25) is 0 Å². The normalized spacial score (nSPS) is 26.4. The Balaban J connectivity index is 3.15. The summed E-state index contributed by atoms with van der Waals surface area (Å²) in [6.45, 7) is 0. The molecular formula is C7H2F8O2. The smallest absolute Gasteiger partial charge is 0.424 e. The predicted molar refractivity (Wildman–Crippen MR) is 35.4 cm³/mol. The lowest BCUT2D eigenvalue weighted by Gasteiger charge is -2.23. The first-order valence-corrected chi connectivity index (χ1v) is 3.73. The molecule has 0 fully saturated rings. The van der Waals surface area contributed by atoms with Crippen LogP contribution in [0.4, 0.5) is 35.1 Å². The van der Waals surface area contributed by atoms with Gasteiger partial charge in [-0.05, 0) is 0 Å². The zero-order valence-corrected chi connectivity index (χ0v) is 7.49. The number of hydrogen-bond donors (Lipinski definition) is 0. The van der Waals surface area contributed by atoms with Crippen LogP contribution in [0.25, 0.3) is 0 Å². The first-order valence-electron chi connectivity index (χ1n) is 3.73. The van der Waals surface area contributed by atoms with Crippen molar-refractivity contribution >= 4 is 0 Å². The van der Waals surface area contributed by atoms with Crippen LogP contribution in [-0.2, 0) is 9.47 Å². The maximum atomic E-state index is 13.2. The van der Waals surface area contributed by atoms with Gasteiger partial charge in [0.15, 0.2) is 11.8 Å². The Morgan fingerprint density at radius 1 is 1.18 bits per heavy atom. The predicted octanol–water partition coefficient (Wildman–Crippen LogP) is 3.48. The SMILES string of the molecule is FC1=COC(F)(C(=CC(F)(F)F)C(F)(F)F)O1. The molecule has 17 heavy (non-hydrogen) atoms. The molecule has 0 radical (unpaired) electrons. The number of alkyl halides is 7. The number of halogens is 8. The second-order valence-electron chi connectivity index (χ2n) is 2.78. The molecular weight excluding hydrogens is 268 g/mol. The highest BCUT2D eigenvalue weighted by atomic mass is 19.4. The summed E-state index contributed by atoms with van der Waals surface area (Å²) in [5.41, 5.74) is -2.85. The molecule has 0 N–H and O–H groups in total. The summed E-state index contributed by atoms with van der Waals surface area (Å²) in [5, 5.41) is 0. The first-order chi connectivity index (χ1) is 7.44. The van der Waals surface area contributed by atoms with Crippen molar-refractivity contribution in [2.24, 2.45) is 0 Å². The van der Waals surface area contributed by atoms with Crippen LogP contribution in [0, 0.1) is 0 Å². The maximum absolute atomic E-state index is 13.2. The van der Waals surface area contributed by atoms with E-state index >= 15 is 0 Å². The minimum atomic E-state index is -5.75. The van der Waals surface area contributed by atoms with Gasteiger partial charge in [-0.15, -0.1) is 0 Å². The van der Waals surface area contributed by atoms with E-state index in [2.05, 4.69) is 9.47 Å². The third kappa shape index (κ3) is 3.24. The van der Waals surface area contributed by atoms with Crippen LogP contribution in [0.1, 0.15) is 0 Å². The van der Waals surface area contributed by atoms with Gasteiger partial charge in [-0.2, -0.15) is 35.1 Å². The quantitative estimate of drug-likeness (QED) is 0.536. The lowest BCUT2D eigenvalue weighted by Crippen LogP contribution is -2.36. The standard InChI is InChI=1S/C7H2F8O2/c8-4-2-16-7(15,17-4)3(6(12,13)14)1-5(9,10)11/h1-2H. The Kier molecular flexibility index (Phi) is 3.02. The lowest BCUT2D eigenvalue weighted by atomic mass is 10.2. The van der Waals surface area contributed by atoms with E-state index in [-0.39, 0.29) is 6.26 Å². The Labute approximate surface area is 88.1 Å². The highest BCUT2D eigenvalue weighted by Gasteiger charge is 2.58. The molecule has 1 heterocycles. The van der Waals surface area contributed by atoms with Crippen molar-refractivity contribution in [3.63, 3.8) is 0 Å². The average molecular weight is 270 g/mol. The van der Waals surface area contributed by atoms with Gasteiger partial charge in [-0.1, -0.05) is 0 Å². The van der Waals surface area contributed by atoms with Crippen LogP contribution in [0.3, 0.4) is 0 Å². The minimum Gasteiger partial charge on any atom is -0.424 e. The van der Waals surface area contributed by atoms with Gasteiger partial charge in [0, 0.05) is 6.08 Å². The van der Waals surface area contributed by atoms with Gasteiger partial charge in [0.05, 0.1) is 0 Å². The number of hydrogen-bond acceptors (Lipinski definition) is 2. The summed E-state index contributed by atoms with van der Waals surface area (Å²) in [7, 11) is 0. The van der Waals surface area contributed by atoms with Gasteiger partial charge in [-0.25, -0.2) is 0 Å². The number of ether oxygens (including phenoxy) is 2. The molecule has 0 aliphatic carbocycles. The minimum absolute atomic E-state index is 0.212. The summed E-state index contributed by atoms with van der Waals surface area (Å²) >= 11 is 0. The van der Waals surface area contributed by atoms with E-state index in [1.54, 1.807) is 0 Å². The molecule has 0 bridgehead atoms. The molecule has 10 heteroatoms. The fraction of sp³-hybridized carbons (Fsp3) is 0.429. The first kappa shape index (κ1) is 13.6. The second-order valence-corrected chi connectivity index (χ2v) is 2.78. The van der Waals surface area contributed by atoms with E-state index in [0.717, 1.165) is 0 Å². The van der Waals surface area contributed by atoms with Gasteiger partial charge >= 0.3 is 24.4 Å². The largest absolute Gasteiger partial charge is 0.443 e. The molecule has 0 saturated carbocycles. The molecule has 0 spiro atoms. The van der Waals surface area contributed by atoms with E-state index < -0.39 is 36.1 Å². The van der Waals surface area contributed by atoms with Crippen molar-refractivity contribution < 1.29 is 44.6 Å². The Morgan fingerprint density at radius 2 is 1.71 bits per heavy atom. The molecule has 1 atom stereocenters. The summed E-state index contributed by atoms with van der Waals surface area (Å²) in [6, 6.07) is -6.29. The molecule has 0 saturated heterocycles. The zero-order valence-electron chi connectivity index (χ0n) is 7.49. The van der Waals surface area contributed by atoms with E-state index in [1.807, 2.05) is 0 Å². The van der Waals surface area contributed by atoms with Crippen molar-refractivity contribution in [1.82, 2.24) is 0 Å². The maximum Gasteiger partial charge on any atom is 0.443 e. The Bertz CT molecular complexity index is 365. The zero-order chi connectivity index (χ0) is 13.5. The molecule has 1 rings (SSSR count). The summed E-state index contributed by atoms with van der Waals surface area (Å²) in [5.74, 6) is 0. The summed E-state index contributed by atoms with van der Waals surface area (Å²) in [4.78, 5) is 0. The third-order valence-electron chi connectivity index (χ3n) is 1.47.